The molecule has 0 atom stereocenters. The van der Waals surface area contributed by atoms with E-state index in [1.54, 1.807) is 12.1 Å². The van der Waals surface area contributed by atoms with Crippen LogP contribution in [-0.2, 0) is 12.8 Å². The van der Waals surface area contributed by atoms with E-state index in [4.69, 9.17) is 0 Å². The van der Waals surface area contributed by atoms with Crippen molar-refractivity contribution in [1.29, 1.82) is 0 Å². The highest BCUT2D eigenvalue weighted by atomic mass is 19.2. The summed E-state index contributed by atoms with van der Waals surface area (Å²) in [5.41, 5.74) is 6.72. The summed E-state index contributed by atoms with van der Waals surface area (Å²) in [4.78, 5) is 0. The van der Waals surface area contributed by atoms with Gasteiger partial charge in [-0.1, -0.05) is 144 Å². The van der Waals surface area contributed by atoms with E-state index < -0.39 is 11.6 Å². The van der Waals surface area contributed by atoms with Crippen LogP contribution in [0, 0.1) is 11.6 Å². The molecule has 0 bridgehead atoms. The first kappa shape index (κ1) is 27.8. The number of benzene rings is 4. The second kappa shape index (κ2) is 14.0. The summed E-state index contributed by atoms with van der Waals surface area (Å²) in [5.74, 6) is -1.59. The lowest BCUT2D eigenvalue weighted by atomic mass is 9.96. The van der Waals surface area contributed by atoms with Crippen molar-refractivity contribution in [2.24, 2.45) is 0 Å². The maximum Gasteiger partial charge on any atom is 0.167 e. The van der Waals surface area contributed by atoms with Gasteiger partial charge in [0.05, 0.1) is 0 Å². The summed E-state index contributed by atoms with van der Waals surface area (Å²) in [5, 5.41) is 0. The minimum Gasteiger partial charge on any atom is -0.203 e. The van der Waals surface area contributed by atoms with E-state index in [1.807, 2.05) is 48.5 Å². The Bertz CT molecular complexity index is 1270. The van der Waals surface area contributed by atoms with Gasteiger partial charge in [0.15, 0.2) is 11.6 Å². The van der Waals surface area contributed by atoms with Crippen LogP contribution in [0.4, 0.5) is 8.78 Å². The van der Waals surface area contributed by atoms with Gasteiger partial charge in [-0.25, -0.2) is 8.78 Å². The van der Waals surface area contributed by atoms with Gasteiger partial charge in [-0.2, -0.15) is 0 Å². The van der Waals surface area contributed by atoms with Gasteiger partial charge >= 0.3 is 0 Å². The van der Waals surface area contributed by atoms with Gasteiger partial charge in [0, 0.05) is 11.1 Å². The predicted octanol–water partition coefficient (Wildman–Crippen LogP) is 11.2. The Hall–Kier alpha value is -3.26. The molecule has 38 heavy (non-hydrogen) atoms. The van der Waals surface area contributed by atoms with E-state index in [-0.39, 0.29) is 5.56 Å². The first-order valence-electron chi connectivity index (χ1n) is 14.4. The standard InChI is InChI=1S/C36H40F2/c1-3-5-6-7-8-9-10-12-28-15-19-31(20-16-28)33-25-26-34(36(38)35(33)37)32-23-21-30(22-24-32)29-17-13-27(11-4-2)14-18-29/h13-26H,3-12H2,1-2H3. The monoisotopic (exact) mass is 510 g/mol. The molecule has 0 fully saturated rings. The molecule has 0 nitrogen and oxygen atoms in total. The van der Waals surface area contributed by atoms with Crippen molar-refractivity contribution < 1.29 is 8.78 Å². The van der Waals surface area contributed by atoms with Crippen molar-refractivity contribution in [3.05, 3.63) is 108 Å². The molecule has 0 saturated carbocycles. The van der Waals surface area contributed by atoms with Gasteiger partial charge in [-0.15, -0.1) is 0 Å². The Labute approximate surface area is 227 Å². The van der Waals surface area contributed by atoms with Crippen molar-refractivity contribution in [2.45, 2.75) is 78.1 Å². The summed E-state index contributed by atoms with van der Waals surface area (Å²) in [6.07, 6.45) is 12.2. The molecule has 0 spiro atoms. The summed E-state index contributed by atoms with van der Waals surface area (Å²) in [6, 6.07) is 27.5. The number of hydrogen-bond donors (Lipinski definition) is 0. The maximum absolute atomic E-state index is 15.2. The molecule has 0 aliphatic carbocycles. The number of aryl methyl sites for hydroxylation is 2. The highest BCUT2D eigenvalue weighted by Gasteiger charge is 2.16. The summed E-state index contributed by atoms with van der Waals surface area (Å²) < 4.78 is 30.4. The van der Waals surface area contributed by atoms with E-state index in [0.717, 1.165) is 30.4 Å². The highest BCUT2D eigenvalue weighted by Crippen LogP contribution is 2.33. The third-order valence-corrected chi connectivity index (χ3v) is 7.44. The van der Waals surface area contributed by atoms with Gasteiger partial charge in [0.2, 0.25) is 0 Å². The normalized spacial score (nSPS) is 11.2. The third kappa shape index (κ3) is 7.19. The Morgan fingerprint density at radius 1 is 0.395 bits per heavy atom. The zero-order chi connectivity index (χ0) is 26.7. The first-order chi connectivity index (χ1) is 18.6. The molecule has 4 rings (SSSR count). The molecule has 0 saturated heterocycles. The molecule has 0 N–H and O–H groups in total. The van der Waals surface area contributed by atoms with Crippen LogP contribution in [0.2, 0.25) is 0 Å². The topological polar surface area (TPSA) is 0 Å². The van der Waals surface area contributed by atoms with E-state index in [1.165, 1.54) is 56.1 Å². The molecule has 0 unspecified atom stereocenters. The van der Waals surface area contributed by atoms with Crippen LogP contribution in [0.25, 0.3) is 33.4 Å². The van der Waals surface area contributed by atoms with Crippen LogP contribution in [0.15, 0.2) is 84.9 Å². The fraction of sp³-hybridized carbons (Fsp3) is 0.333. The number of unbranched alkanes of at least 4 members (excludes halogenated alkanes) is 6. The molecule has 0 amide bonds. The van der Waals surface area contributed by atoms with Crippen LogP contribution in [0.5, 0.6) is 0 Å². The average Bonchev–Trinajstić information content (AvgIpc) is 2.95. The van der Waals surface area contributed by atoms with Crippen molar-refractivity contribution >= 4 is 0 Å². The molecule has 0 aliphatic rings. The van der Waals surface area contributed by atoms with Crippen LogP contribution < -0.4 is 0 Å². The van der Waals surface area contributed by atoms with Crippen molar-refractivity contribution in [3.8, 4) is 33.4 Å². The Balaban J connectivity index is 1.40. The van der Waals surface area contributed by atoms with Crippen LogP contribution in [0.3, 0.4) is 0 Å². The zero-order valence-corrected chi connectivity index (χ0v) is 22.9. The van der Waals surface area contributed by atoms with E-state index >= 15 is 8.78 Å². The maximum atomic E-state index is 15.2. The quantitative estimate of drug-likeness (QED) is 0.157. The fourth-order valence-corrected chi connectivity index (χ4v) is 5.13. The van der Waals surface area contributed by atoms with Crippen molar-refractivity contribution in [1.82, 2.24) is 0 Å². The van der Waals surface area contributed by atoms with Gasteiger partial charge in [0.25, 0.3) is 0 Å². The summed E-state index contributed by atoms with van der Waals surface area (Å²) in [6.45, 7) is 4.42. The first-order valence-corrected chi connectivity index (χ1v) is 14.4. The number of hydrogen-bond acceptors (Lipinski definition) is 0. The molecule has 4 aromatic rings. The van der Waals surface area contributed by atoms with Gasteiger partial charge in [-0.3, -0.25) is 0 Å². The SMILES string of the molecule is CCCCCCCCCc1ccc(-c2ccc(-c3ccc(-c4ccc(CCC)cc4)cc3)c(F)c2F)cc1. The molecule has 2 heteroatoms. The third-order valence-electron chi connectivity index (χ3n) is 7.44. The minimum atomic E-state index is -0.800. The van der Waals surface area contributed by atoms with Crippen LogP contribution >= 0.6 is 0 Å². The Kier molecular flexibility index (Phi) is 10.3. The second-order valence-corrected chi connectivity index (χ2v) is 10.4. The average molecular weight is 511 g/mol. The molecule has 0 heterocycles. The molecule has 4 aromatic carbocycles. The van der Waals surface area contributed by atoms with E-state index in [2.05, 4.69) is 38.1 Å². The predicted molar refractivity (Wildman–Crippen MR) is 158 cm³/mol. The highest BCUT2D eigenvalue weighted by molar-refractivity contribution is 5.74. The fourth-order valence-electron chi connectivity index (χ4n) is 5.13. The number of rotatable bonds is 13. The molecule has 198 valence electrons. The minimum absolute atomic E-state index is 0.284. The smallest absolute Gasteiger partial charge is 0.167 e. The van der Waals surface area contributed by atoms with Gasteiger partial charge in [0.1, 0.15) is 0 Å². The molecule has 0 aliphatic heterocycles. The molecular weight excluding hydrogens is 470 g/mol. The zero-order valence-electron chi connectivity index (χ0n) is 22.9. The van der Waals surface area contributed by atoms with Crippen LogP contribution in [-0.4, -0.2) is 0 Å². The van der Waals surface area contributed by atoms with Crippen molar-refractivity contribution in [2.75, 3.05) is 0 Å². The van der Waals surface area contributed by atoms with Gasteiger partial charge < -0.3 is 0 Å². The Morgan fingerprint density at radius 2 is 0.789 bits per heavy atom. The lowest BCUT2D eigenvalue weighted by Gasteiger charge is -2.11. The molecule has 0 radical (unpaired) electrons. The van der Waals surface area contributed by atoms with Crippen LogP contribution in [0.1, 0.15) is 76.3 Å². The molecular formula is C36H40F2. The molecule has 0 aromatic heterocycles. The van der Waals surface area contributed by atoms with E-state index in [0.29, 0.717) is 16.7 Å². The summed E-state index contributed by atoms with van der Waals surface area (Å²) in [7, 11) is 0. The summed E-state index contributed by atoms with van der Waals surface area (Å²) >= 11 is 0. The second-order valence-electron chi connectivity index (χ2n) is 10.4. The lowest BCUT2D eigenvalue weighted by molar-refractivity contribution is 0.514. The number of halogens is 2. The Morgan fingerprint density at radius 3 is 1.29 bits per heavy atom. The van der Waals surface area contributed by atoms with Crippen molar-refractivity contribution in [3.63, 3.8) is 0 Å². The van der Waals surface area contributed by atoms with E-state index in [9.17, 15) is 0 Å². The lowest BCUT2D eigenvalue weighted by Crippen LogP contribution is -1.94. The van der Waals surface area contributed by atoms with Gasteiger partial charge in [-0.05, 0) is 52.6 Å². The largest absolute Gasteiger partial charge is 0.203 e.